The number of hydrogen-bond acceptors (Lipinski definition) is 2. The second-order valence-electron chi connectivity index (χ2n) is 3.33. The summed E-state index contributed by atoms with van der Waals surface area (Å²) in [7, 11) is 0. The Morgan fingerprint density at radius 3 is 2.08 bits per heavy atom. The van der Waals surface area contributed by atoms with Crippen LogP contribution in [-0.4, -0.2) is 30.0 Å². The van der Waals surface area contributed by atoms with Gasteiger partial charge in [-0.3, -0.25) is 0 Å². The zero-order chi connectivity index (χ0) is 9.83. The maximum atomic E-state index is 11.6. The van der Waals surface area contributed by atoms with Crippen LogP contribution in [0.25, 0.3) is 0 Å². The molecule has 0 amide bonds. The highest BCUT2D eigenvalue weighted by molar-refractivity contribution is 4.75. The van der Waals surface area contributed by atoms with Crippen molar-refractivity contribution in [2.45, 2.75) is 32.0 Å². The summed E-state index contributed by atoms with van der Waals surface area (Å²) in [5.41, 5.74) is -0.634. The summed E-state index contributed by atoms with van der Waals surface area (Å²) < 4.78 is 34.9. The molecule has 0 aromatic heterocycles. The van der Waals surface area contributed by atoms with E-state index in [0.717, 1.165) is 0 Å². The Morgan fingerprint density at radius 1 is 1.25 bits per heavy atom. The Kier molecular flexibility index (Phi) is 3.99. The largest absolute Gasteiger partial charge is 0.394 e. The van der Waals surface area contributed by atoms with E-state index in [-0.39, 0.29) is 13.2 Å². The first kappa shape index (κ1) is 11.7. The number of alkyl halides is 3. The Hall–Kier alpha value is -0.290. The van der Waals surface area contributed by atoms with Gasteiger partial charge in [-0.25, -0.2) is 0 Å². The molecule has 0 saturated carbocycles. The lowest BCUT2D eigenvalue weighted by atomic mass is 10.1. The van der Waals surface area contributed by atoms with E-state index in [1.165, 1.54) is 0 Å². The molecule has 0 bridgehead atoms. The van der Waals surface area contributed by atoms with Crippen molar-refractivity contribution in [3.63, 3.8) is 0 Å². The van der Waals surface area contributed by atoms with Gasteiger partial charge in [0, 0.05) is 12.1 Å². The van der Waals surface area contributed by atoms with Crippen molar-refractivity contribution in [2.75, 3.05) is 13.2 Å². The monoisotopic (exact) mass is 185 g/mol. The maximum absolute atomic E-state index is 11.6. The summed E-state index contributed by atoms with van der Waals surface area (Å²) in [6.45, 7) is 2.95. The topological polar surface area (TPSA) is 32.3 Å². The zero-order valence-electron chi connectivity index (χ0n) is 7.20. The summed E-state index contributed by atoms with van der Waals surface area (Å²) >= 11 is 0. The predicted molar refractivity (Wildman–Crippen MR) is 39.8 cm³/mol. The number of halogens is 3. The minimum atomic E-state index is -4.13. The molecule has 0 atom stereocenters. The Morgan fingerprint density at radius 2 is 1.75 bits per heavy atom. The molecule has 0 aliphatic rings. The van der Waals surface area contributed by atoms with Crippen LogP contribution in [-0.2, 0) is 0 Å². The van der Waals surface area contributed by atoms with Crippen molar-refractivity contribution < 1.29 is 18.3 Å². The second kappa shape index (κ2) is 4.09. The van der Waals surface area contributed by atoms with Crippen LogP contribution in [0.15, 0.2) is 0 Å². The molecule has 0 radical (unpaired) electrons. The minimum absolute atomic E-state index is 0.156. The molecular formula is C7H14F3NO. The summed E-state index contributed by atoms with van der Waals surface area (Å²) in [6.07, 6.45) is -4.99. The smallest absolute Gasteiger partial charge is 0.390 e. The molecule has 0 unspecified atom stereocenters. The van der Waals surface area contributed by atoms with Gasteiger partial charge in [0.2, 0.25) is 0 Å². The van der Waals surface area contributed by atoms with Gasteiger partial charge in [-0.05, 0) is 13.8 Å². The standard InChI is InChI=1S/C7H14F3NO/c1-6(2,5-12)11-4-3-7(8,9)10/h11-12H,3-5H2,1-2H3. The van der Waals surface area contributed by atoms with Crippen LogP contribution in [0.3, 0.4) is 0 Å². The van der Waals surface area contributed by atoms with Gasteiger partial charge >= 0.3 is 6.18 Å². The lowest BCUT2D eigenvalue weighted by Crippen LogP contribution is -2.44. The number of rotatable bonds is 4. The Bertz CT molecular complexity index is 133. The predicted octanol–water partition coefficient (Wildman–Crippen LogP) is 1.30. The molecule has 0 rings (SSSR count). The molecule has 0 aromatic carbocycles. The first-order chi connectivity index (χ1) is 5.27. The molecule has 0 aliphatic carbocycles. The highest BCUT2D eigenvalue weighted by Gasteiger charge is 2.27. The fraction of sp³-hybridized carbons (Fsp3) is 1.00. The summed E-state index contributed by atoms with van der Waals surface area (Å²) in [6, 6.07) is 0. The number of hydrogen-bond donors (Lipinski definition) is 2. The SMILES string of the molecule is CC(C)(CO)NCCC(F)(F)F. The van der Waals surface area contributed by atoms with Crippen LogP contribution in [0, 0.1) is 0 Å². The van der Waals surface area contributed by atoms with Crippen LogP contribution in [0.2, 0.25) is 0 Å². The third-order valence-electron chi connectivity index (χ3n) is 1.41. The van der Waals surface area contributed by atoms with Gasteiger partial charge in [-0.1, -0.05) is 0 Å². The van der Waals surface area contributed by atoms with Crippen molar-refractivity contribution in [2.24, 2.45) is 0 Å². The number of aliphatic hydroxyl groups excluding tert-OH is 1. The van der Waals surface area contributed by atoms with Gasteiger partial charge in [-0.2, -0.15) is 13.2 Å². The van der Waals surface area contributed by atoms with E-state index in [4.69, 9.17) is 5.11 Å². The first-order valence-electron chi connectivity index (χ1n) is 3.69. The third-order valence-corrected chi connectivity index (χ3v) is 1.41. The van der Waals surface area contributed by atoms with Crippen LogP contribution in [0.1, 0.15) is 20.3 Å². The lowest BCUT2D eigenvalue weighted by Gasteiger charge is -2.23. The second-order valence-corrected chi connectivity index (χ2v) is 3.33. The maximum Gasteiger partial charge on any atom is 0.390 e. The third kappa shape index (κ3) is 6.42. The molecule has 0 aliphatic heterocycles. The van der Waals surface area contributed by atoms with Crippen molar-refractivity contribution >= 4 is 0 Å². The normalized spacial score (nSPS) is 13.5. The van der Waals surface area contributed by atoms with Crippen molar-refractivity contribution in [3.05, 3.63) is 0 Å². The van der Waals surface area contributed by atoms with Crippen molar-refractivity contribution in [3.8, 4) is 0 Å². The minimum Gasteiger partial charge on any atom is -0.394 e. The van der Waals surface area contributed by atoms with Gasteiger partial charge in [0.1, 0.15) is 0 Å². The highest BCUT2D eigenvalue weighted by atomic mass is 19.4. The van der Waals surface area contributed by atoms with E-state index in [1.807, 2.05) is 0 Å². The average Bonchev–Trinajstić information content (AvgIpc) is 1.84. The average molecular weight is 185 g/mol. The van der Waals surface area contributed by atoms with Gasteiger partial charge in [0.15, 0.2) is 0 Å². The Labute approximate surface area is 69.8 Å². The van der Waals surface area contributed by atoms with Gasteiger partial charge in [0.25, 0.3) is 0 Å². The van der Waals surface area contributed by atoms with E-state index in [2.05, 4.69) is 5.32 Å². The quantitative estimate of drug-likeness (QED) is 0.692. The van der Waals surface area contributed by atoms with E-state index in [0.29, 0.717) is 0 Å². The summed E-state index contributed by atoms with van der Waals surface area (Å²) in [5.74, 6) is 0. The summed E-state index contributed by atoms with van der Waals surface area (Å²) in [4.78, 5) is 0. The molecule has 5 heteroatoms. The summed E-state index contributed by atoms with van der Waals surface area (Å²) in [5, 5.41) is 11.3. The van der Waals surface area contributed by atoms with Crippen LogP contribution >= 0.6 is 0 Å². The molecule has 0 fully saturated rings. The molecular weight excluding hydrogens is 171 g/mol. The van der Waals surface area contributed by atoms with Crippen LogP contribution < -0.4 is 5.32 Å². The zero-order valence-corrected chi connectivity index (χ0v) is 7.20. The van der Waals surface area contributed by atoms with Crippen LogP contribution in [0.4, 0.5) is 13.2 Å². The van der Waals surface area contributed by atoms with E-state index in [1.54, 1.807) is 13.8 Å². The molecule has 0 spiro atoms. The van der Waals surface area contributed by atoms with Crippen molar-refractivity contribution in [1.82, 2.24) is 5.32 Å². The molecule has 74 valence electrons. The molecule has 12 heavy (non-hydrogen) atoms. The molecule has 0 aromatic rings. The fourth-order valence-corrected chi connectivity index (χ4v) is 0.599. The number of nitrogens with one attached hydrogen (secondary N) is 1. The molecule has 2 nitrogen and oxygen atoms in total. The van der Waals surface area contributed by atoms with Crippen molar-refractivity contribution in [1.29, 1.82) is 0 Å². The Balaban J connectivity index is 3.57. The van der Waals surface area contributed by atoms with Gasteiger partial charge < -0.3 is 10.4 Å². The first-order valence-corrected chi connectivity index (χ1v) is 3.69. The van der Waals surface area contributed by atoms with E-state index in [9.17, 15) is 13.2 Å². The van der Waals surface area contributed by atoms with Crippen LogP contribution in [0.5, 0.6) is 0 Å². The molecule has 0 heterocycles. The molecule has 0 saturated heterocycles. The van der Waals surface area contributed by atoms with E-state index >= 15 is 0 Å². The van der Waals surface area contributed by atoms with E-state index < -0.39 is 18.1 Å². The fourth-order valence-electron chi connectivity index (χ4n) is 0.599. The number of aliphatic hydroxyl groups is 1. The van der Waals surface area contributed by atoms with Gasteiger partial charge in [0.05, 0.1) is 13.0 Å². The lowest BCUT2D eigenvalue weighted by molar-refractivity contribution is -0.134. The molecule has 2 N–H and O–H groups in total. The highest BCUT2D eigenvalue weighted by Crippen LogP contribution is 2.18. The van der Waals surface area contributed by atoms with Gasteiger partial charge in [-0.15, -0.1) is 0 Å².